The molecule has 100 valence electrons. The van der Waals surface area contributed by atoms with Gasteiger partial charge in [0.1, 0.15) is 0 Å². The molecule has 0 aromatic carbocycles. The van der Waals surface area contributed by atoms with Crippen LogP contribution in [0.3, 0.4) is 0 Å². The number of nitrogens with one attached hydrogen (secondary N) is 1. The number of ether oxygens (including phenoxy) is 1. The molecule has 0 unspecified atom stereocenters. The molecular formula is C13H25NO3. The summed E-state index contributed by atoms with van der Waals surface area (Å²) in [5, 5.41) is 11.9. The highest BCUT2D eigenvalue weighted by Gasteiger charge is 2.20. The van der Waals surface area contributed by atoms with Crippen LogP contribution in [0.25, 0.3) is 0 Å². The maximum atomic E-state index is 11.4. The number of carbonyl (C=O) groups excluding carboxylic acids is 1. The smallest absolute Gasteiger partial charge is 0.222 e. The second-order valence-corrected chi connectivity index (χ2v) is 5.17. The first-order valence-corrected chi connectivity index (χ1v) is 6.63. The number of aliphatic hydroxyl groups is 1. The number of hydrogen-bond donors (Lipinski definition) is 2. The molecule has 4 nitrogen and oxygen atoms in total. The molecule has 0 atom stereocenters. The Morgan fingerprint density at radius 2 is 2.00 bits per heavy atom. The van der Waals surface area contributed by atoms with Crippen LogP contribution in [0.4, 0.5) is 0 Å². The third-order valence-electron chi connectivity index (χ3n) is 3.18. The lowest BCUT2D eigenvalue weighted by molar-refractivity contribution is -0.123. The van der Waals surface area contributed by atoms with Gasteiger partial charge in [0.15, 0.2) is 0 Å². The van der Waals surface area contributed by atoms with Crippen molar-refractivity contribution in [1.29, 1.82) is 0 Å². The highest BCUT2D eigenvalue weighted by molar-refractivity contribution is 5.76. The van der Waals surface area contributed by atoms with Gasteiger partial charge in [0.2, 0.25) is 5.91 Å². The summed E-state index contributed by atoms with van der Waals surface area (Å²) in [4.78, 5) is 11.4. The minimum absolute atomic E-state index is 0.0593. The van der Waals surface area contributed by atoms with Crippen molar-refractivity contribution in [1.82, 2.24) is 5.32 Å². The van der Waals surface area contributed by atoms with Crippen LogP contribution in [0.15, 0.2) is 0 Å². The second-order valence-electron chi connectivity index (χ2n) is 5.17. The highest BCUT2D eigenvalue weighted by Crippen LogP contribution is 2.25. The van der Waals surface area contributed by atoms with Crippen LogP contribution in [-0.2, 0) is 9.53 Å². The van der Waals surface area contributed by atoms with Crippen molar-refractivity contribution >= 4 is 5.91 Å². The van der Waals surface area contributed by atoms with Crippen molar-refractivity contribution in [2.75, 3.05) is 13.2 Å². The van der Waals surface area contributed by atoms with Gasteiger partial charge < -0.3 is 15.2 Å². The molecule has 1 rings (SSSR count). The minimum atomic E-state index is 0.0593. The third-order valence-corrected chi connectivity index (χ3v) is 3.18. The van der Waals surface area contributed by atoms with Gasteiger partial charge in [0.25, 0.3) is 0 Å². The average molecular weight is 243 g/mol. The first-order valence-electron chi connectivity index (χ1n) is 6.63. The third kappa shape index (κ3) is 6.03. The lowest BCUT2D eigenvalue weighted by Crippen LogP contribution is -2.31. The van der Waals surface area contributed by atoms with E-state index < -0.39 is 0 Å². The largest absolute Gasteiger partial charge is 0.396 e. The SMILES string of the molecule is CC(C)NC(=O)CCOC1CCC(CO)CC1. The van der Waals surface area contributed by atoms with Crippen molar-refractivity contribution in [3.63, 3.8) is 0 Å². The Balaban J connectivity index is 2.05. The monoisotopic (exact) mass is 243 g/mol. The standard InChI is InChI=1S/C13H25NO3/c1-10(2)14-13(16)7-8-17-12-5-3-11(9-15)4-6-12/h10-12,15H,3-9H2,1-2H3,(H,14,16). The van der Waals surface area contributed by atoms with Crippen molar-refractivity contribution < 1.29 is 14.6 Å². The fraction of sp³-hybridized carbons (Fsp3) is 0.923. The molecule has 0 aliphatic heterocycles. The van der Waals surface area contributed by atoms with E-state index in [-0.39, 0.29) is 18.1 Å². The molecule has 0 saturated heterocycles. The van der Waals surface area contributed by atoms with E-state index in [1.165, 1.54) is 0 Å². The summed E-state index contributed by atoms with van der Waals surface area (Å²) in [7, 11) is 0. The average Bonchev–Trinajstić information content (AvgIpc) is 2.29. The van der Waals surface area contributed by atoms with E-state index in [0.29, 0.717) is 25.6 Å². The number of amides is 1. The van der Waals surface area contributed by atoms with Gasteiger partial charge >= 0.3 is 0 Å². The fourth-order valence-electron chi connectivity index (χ4n) is 2.19. The zero-order valence-electron chi connectivity index (χ0n) is 10.9. The van der Waals surface area contributed by atoms with Gasteiger partial charge in [0.05, 0.1) is 12.7 Å². The number of aliphatic hydroxyl groups excluding tert-OH is 1. The van der Waals surface area contributed by atoms with Crippen molar-refractivity contribution in [3.8, 4) is 0 Å². The van der Waals surface area contributed by atoms with Gasteiger partial charge in [-0.05, 0) is 45.4 Å². The van der Waals surface area contributed by atoms with E-state index in [1.54, 1.807) is 0 Å². The highest BCUT2D eigenvalue weighted by atomic mass is 16.5. The van der Waals surface area contributed by atoms with Crippen LogP contribution in [0.5, 0.6) is 0 Å². The van der Waals surface area contributed by atoms with Crippen molar-refractivity contribution in [2.24, 2.45) is 5.92 Å². The Kier molecular flexibility index (Phi) is 6.52. The van der Waals surface area contributed by atoms with Crippen LogP contribution in [0, 0.1) is 5.92 Å². The summed E-state index contributed by atoms with van der Waals surface area (Å²) in [6.07, 6.45) is 4.83. The molecule has 1 saturated carbocycles. The van der Waals surface area contributed by atoms with Crippen molar-refractivity contribution in [3.05, 3.63) is 0 Å². The van der Waals surface area contributed by atoms with E-state index in [1.807, 2.05) is 13.8 Å². The van der Waals surface area contributed by atoms with Crippen LogP contribution >= 0.6 is 0 Å². The molecule has 2 N–H and O–H groups in total. The maximum absolute atomic E-state index is 11.4. The second kappa shape index (κ2) is 7.67. The van der Waals surface area contributed by atoms with Crippen LogP contribution in [0.2, 0.25) is 0 Å². The predicted octanol–water partition coefficient (Wildman–Crippen LogP) is 1.47. The van der Waals surface area contributed by atoms with Gasteiger partial charge in [-0.15, -0.1) is 0 Å². The molecule has 1 aliphatic carbocycles. The van der Waals surface area contributed by atoms with E-state index in [2.05, 4.69) is 5.32 Å². The summed E-state index contributed by atoms with van der Waals surface area (Å²) in [5.41, 5.74) is 0. The van der Waals surface area contributed by atoms with Crippen LogP contribution < -0.4 is 5.32 Å². The lowest BCUT2D eigenvalue weighted by atomic mass is 9.88. The molecule has 0 spiro atoms. The van der Waals surface area contributed by atoms with Gasteiger partial charge in [-0.3, -0.25) is 4.79 Å². The molecule has 0 aromatic heterocycles. The molecular weight excluding hydrogens is 218 g/mol. The number of rotatable bonds is 6. The topological polar surface area (TPSA) is 58.6 Å². The van der Waals surface area contributed by atoms with Gasteiger partial charge in [0, 0.05) is 19.1 Å². The van der Waals surface area contributed by atoms with Crippen molar-refractivity contribution in [2.45, 2.75) is 58.1 Å². The summed E-state index contributed by atoms with van der Waals surface area (Å²) in [6, 6.07) is 0.197. The van der Waals surface area contributed by atoms with Crippen LogP contribution in [-0.4, -0.2) is 36.4 Å². The zero-order chi connectivity index (χ0) is 12.7. The minimum Gasteiger partial charge on any atom is -0.396 e. The maximum Gasteiger partial charge on any atom is 0.222 e. The summed E-state index contributed by atoms with van der Waals surface area (Å²) < 4.78 is 5.69. The Morgan fingerprint density at radius 3 is 2.53 bits per heavy atom. The summed E-state index contributed by atoms with van der Waals surface area (Å²) >= 11 is 0. The van der Waals surface area contributed by atoms with Crippen LogP contribution in [0.1, 0.15) is 46.0 Å². The van der Waals surface area contributed by atoms with Gasteiger partial charge in [-0.1, -0.05) is 0 Å². The molecule has 0 radical (unpaired) electrons. The molecule has 1 fully saturated rings. The molecule has 1 aliphatic rings. The number of hydrogen-bond acceptors (Lipinski definition) is 3. The predicted molar refractivity (Wildman–Crippen MR) is 66.7 cm³/mol. The molecule has 0 bridgehead atoms. The Hall–Kier alpha value is -0.610. The summed E-state index contributed by atoms with van der Waals surface area (Å²) in [5.74, 6) is 0.517. The molecule has 0 aromatic rings. The lowest BCUT2D eigenvalue weighted by Gasteiger charge is -2.27. The van der Waals surface area contributed by atoms with E-state index in [9.17, 15) is 4.79 Å². The summed E-state index contributed by atoms with van der Waals surface area (Å²) in [6.45, 7) is 4.71. The van der Waals surface area contributed by atoms with E-state index >= 15 is 0 Å². The van der Waals surface area contributed by atoms with E-state index in [4.69, 9.17) is 9.84 Å². The first kappa shape index (κ1) is 14.5. The Bertz CT molecular complexity index is 223. The van der Waals surface area contributed by atoms with E-state index in [0.717, 1.165) is 25.7 Å². The van der Waals surface area contributed by atoms with Gasteiger partial charge in [-0.2, -0.15) is 0 Å². The molecule has 4 heteroatoms. The number of carbonyl (C=O) groups is 1. The Morgan fingerprint density at radius 1 is 1.35 bits per heavy atom. The molecule has 0 heterocycles. The normalized spacial score (nSPS) is 24.9. The Labute approximate surface area is 104 Å². The fourth-order valence-corrected chi connectivity index (χ4v) is 2.19. The molecule has 17 heavy (non-hydrogen) atoms. The molecule has 1 amide bonds. The quantitative estimate of drug-likeness (QED) is 0.742. The first-order chi connectivity index (χ1) is 8.11. The van der Waals surface area contributed by atoms with Gasteiger partial charge in [-0.25, -0.2) is 0 Å². The zero-order valence-corrected chi connectivity index (χ0v) is 10.9.